The van der Waals surface area contributed by atoms with Gasteiger partial charge in [-0.3, -0.25) is 0 Å². The van der Waals surface area contributed by atoms with E-state index in [0.29, 0.717) is 0 Å². The molecule has 0 heterocycles. The summed E-state index contributed by atoms with van der Waals surface area (Å²) in [4.78, 5) is 2.42. The second-order valence-electron chi connectivity index (χ2n) is 12.5. The summed E-state index contributed by atoms with van der Waals surface area (Å²) in [6.45, 7) is 9.59. The van der Waals surface area contributed by atoms with Crippen LogP contribution in [0.3, 0.4) is 0 Å². The maximum Gasteiger partial charge on any atom is 0.0618 e. The van der Waals surface area contributed by atoms with Gasteiger partial charge in [-0.05, 0) is 74.5 Å². The molecule has 6 aromatic carbocycles. The van der Waals surface area contributed by atoms with Crippen molar-refractivity contribution in [2.75, 3.05) is 4.90 Å². The summed E-state index contributed by atoms with van der Waals surface area (Å²) in [5, 5.41) is 5.07. The van der Waals surface area contributed by atoms with Crippen LogP contribution in [0.15, 0.2) is 127 Å². The van der Waals surface area contributed by atoms with Gasteiger partial charge in [0.05, 0.1) is 5.69 Å². The number of benzene rings is 6. The van der Waals surface area contributed by atoms with Crippen LogP contribution in [0.1, 0.15) is 45.2 Å². The third-order valence-corrected chi connectivity index (χ3v) is 8.81. The van der Waals surface area contributed by atoms with E-state index in [2.05, 4.69) is 160 Å². The quantitative estimate of drug-likeness (QED) is 0.210. The van der Waals surface area contributed by atoms with Crippen molar-refractivity contribution in [2.45, 2.75) is 44.9 Å². The van der Waals surface area contributed by atoms with E-state index in [-0.39, 0.29) is 10.8 Å². The smallest absolute Gasteiger partial charge is 0.0618 e. The fourth-order valence-electron chi connectivity index (χ4n) is 7.36. The molecule has 0 aromatic heterocycles. The summed E-state index contributed by atoms with van der Waals surface area (Å²) >= 11 is 0. The van der Waals surface area contributed by atoms with Gasteiger partial charge in [-0.1, -0.05) is 131 Å². The molecule has 0 N–H and O–H groups in total. The molecule has 1 heteroatoms. The first-order chi connectivity index (χ1) is 19.4. The fourth-order valence-corrected chi connectivity index (χ4v) is 7.36. The van der Waals surface area contributed by atoms with Gasteiger partial charge in [0.1, 0.15) is 0 Å². The van der Waals surface area contributed by atoms with Crippen LogP contribution in [-0.2, 0) is 10.8 Å². The first-order valence-corrected chi connectivity index (χ1v) is 14.3. The van der Waals surface area contributed by atoms with Gasteiger partial charge in [0.2, 0.25) is 0 Å². The lowest BCUT2D eigenvalue weighted by molar-refractivity contribution is 0.403. The number of hydrogen-bond donors (Lipinski definition) is 0. The van der Waals surface area contributed by atoms with Crippen LogP contribution in [0.5, 0.6) is 0 Å². The molecule has 40 heavy (non-hydrogen) atoms. The molecular formula is C39H35N. The molecule has 0 saturated carbocycles. The fraction of sp³-hybridized carbons (Fsp3) is 0.179. The Morgan fingerprint density at radius 2 is 0.925 bits per heavy atom. The molecular weight excluding hydrogens is 482 g/mol. The number of fused-ring (bicyclic) bond motifs is 3. The Labute approximate surface area is 237 Å². The summed E-state index contributed by atoms with van der Waals surface area (Å²) in [5.74, 6) is 0. The Balaban J connectivity index is 1.58. The van der Waals surface area contributed by atoms with Crippen molar-refractivity contribution in [3.05, 3.63) is 139 Å². The number of nitrogens with zero attached hydrogens (tertiary/aromatic N) is 1. The van der Waals surface area contributed by atoms with E-state index in [1.807, 2.05) is 0 Å². The maximum absolute atomic E-state index is 2.49. The molecule has 196 valence electrons. The van der Waals surface area contributed by atoms with E-state index in [9.17, 15) is 0 Å². The van der Waals surface area contributed by atoms with Crippen LogP contribution >= 0.6 is 0 Å². The molecule has 0 amide bonds. The van der Waals surface area contributed by atoms with Gasteiger partial charge < -0.3 is 4.90 Å². The molecule has 0 fully saturated rings. The average molecular weight is 518 g/mol. The van der Waals surface area contributed by atoms with Crippen molar-refractivity contribution in [1.29, 1.82) is 0 Å². The Kier molecular flexibility index (Phi) is 5.61. The molecule has 0 spiro atoms. The predicted octanol–water partition coefficient (Wildman–Crippen LogP) is 11.1. The van der Waals surface area contributed by atoms with Crippen molar-refractivity contribution in [3.8, 4) is 11.1 Å². The predicted molar refractivity (Wildman–Crippen MR) is 172 cm³/mol. The lowest BCUT2D eigenvalue weighted by Crippen LogP contribution is -2.17. The molecule has 0 radical (unpaired) electrons. The van der Waals surface area contributed by atoms with Gasteiger partial charge in [-0.2, -0.15) is 0 Å². The van der Waals surface area contributed by atoms with Gasteiger partial charge in [0.15, 0.2) is 0 Å². The molecule has 0 bridgehead atoms. The van der Waals surface area contributed by atoms with Gasteiger partial charge in [-0.25, -0.2) is 0 Å². The number of rotatable bonds is 4. The van der Waals surface area contributed by atoms with E-state index >= 15 is 0 Å². The molecule has 0 unspecified atom stereocenters. The van der Waals surface area contributed by atoms with Crippen LogP contribution in [0.25, 0.3) is 32.7 Å². The SMILES string of the molecule is CC1(C)CC(C)(C)c2cc(-c3c4ccccc4c(N(c4ccccc4)c4ccccc4)c4ccccc34)ccc21. The highest BCUT2D eigenvalue weighted by Gasteiger charge is 2.41. The number of anilines is 3. The minimum absolute atomic E-state index is 0.151. The lowest BCUT2D eigenvalue weighted by atomic mass is 9.82. The largest absolute Gasteiger partial charge is 0.309 e. The van der Waals surface area contributed by atoms with Gasteiger partial charge in [0.25, 0.3) is 0 Å². The lowest BCUT2D eigenvalue weighted by Gasteiger charge is -2.29. The molecule has 7 rings (SSSR count). The van der Waals surface area contributed by atoms with Gasteiger partial charge >= 0.3 is 0 Å². The Morgan fingerprint density at radius 1 is 0.475 bits per heavy atom. The molecule has 1 nitrogen and oxygen atoms in total. The highest BCUT2D eigenvalue weighted by molar-refractivity contribution is 6.22. The van der Waals surface area contributed by atoms with E-state index in [0.717, 1.165) is 11.4 Å². The molecule has 0 atom stereocenters. The van der Waals surface area contributed by atoms with Crippen LogP contribution in [0.4, 0.5) is 17.1 Å². The van der Waals surface area contributed by atoms with E-state index in [1.54, 1.807) is 0 Å². The van der Waals surface area contributed by atoms with Crippen LogP contribution in [0.2, 0.25) is 0 Å². The van der Waals surface area contributed by atoms with Crippen LogP contribution in [0, 0.1) is 0 Å². The molecule has 1 aliphatic rings. The third-order valence-electron chi connectivity index (χ3n) is 8.81. The van der Waals surface area contributed by atoms with E-state index in [1.165, 1.54) is 55.9 Å². The summed E-state index contributed by atoms with van der Waals surface area (Å²) in [6, 6.07) is 46.6. The zero-order valence-electron chi connectivity index (χ0n) is 23.8. The number of hydrogen-bond acceptors (Lipinski definition) is 1. The van der Waals surface area contributed by atoms with Crippen molar-refractivity contribution in [3.63, 3.8) is 0 Å². The molecule has 0 saturated heterocycles. The van der Waals surface area contributed by atoms with Crippen LogP contribution < -0.4 is 4.90 Å². The van der Waals surface area contributed by atoms with Gasteiger partial charge in [-0.15, -0.1) is 0 Å². The zero-order chi connectivity index (χ0) is 27.5. The number of para-hydroxylation sites is 2. The molecule has 1 aliphatic carbocycles. The minimum Gasteiger partial charge on any atom is -0.309 e. The summed E-state index contributed by atoms with van der Waals surface area (Å²) in [5.41, 5.74) is 9.46. The topological polar surface area (TPSA) is 3.24 Å². The van der Waals surface area contributed by atoms with E-state index in [4.69, 9.17) is 0 Å². The average Bonchev–Trinajstić information content (AvgIpc) is 3.16. The van der Waals surface area contributed by atoms with Crippen molar-refractivity contribution in [2.24, 2.45) is 0 Å². The van der Waals surface area contributed by atoms with E-state index < -0.39 is 0 Å². The summed E-state index contributed by atoms with van der Waals surface area (Å²) in [7, 11) is 0. The third kappa shape index (κ3) is 3.84. The Hall–Kier alpha value is -4.36. The zero-order valence-corrected chi connectivity index (χ0v) is 23.8. The van der Waals surface area contributed by atoms with Gasteiger partial charge in [0, 0.05) is 22.1 Å². The maximum atomic E-state index is 2.49. The second kappa shape index (κ2) is 9.10. The molecule has 6 aromatic rings. The first kappa shape index (κ1) is 24.7. The Bertz CT molecular complexity index is 1770. The monoisotopic (exact) mass is 517 g/mol. The summed E-state index contributed by atoms with van der Waals surface area (Å²) < 4.78 is 0. The minimum atomic E-state index is 0.151. The first-order valence-electron chi connectivity index (χ1n) is 14.3. The highest BCUT2D eigenvalue weighted by Crippen LogP contribution is 2.52. The highest BCUT2D eigenvalue weighted by atomic mass is 15.1. The molecule has 0 aliphatic heterocycles. The second-order valence-corrected chi connectivity index (χ2v) is 12.5. The van der Waals surface area contributed by atoms with Crippen molar-refractivity contribution in [1.82, 2.24) is 0 Å². The van der Waals surface area contributed by atoms with Crippen molar-refractivity contribution < 1.29 is 0 Å². The van der Waals surface area contributed by atoms with Crippen LogP contribution in [-0.4, -0.2) is 0 Å². The standard InChI is InChI=1S/C39H35N/c1-38(2)26-39(3,4)35-25-27(23-24-34(35)38)36-30-19-11-13-21-32(30)37(33-22-14-12-20-31(33)36)40(28-15-7-5-8-16-28)29-17-9-6-10-18-29/h5-25H,26H2,1-4H3. The Morgan fingerprint density at radius 3 is 1.45 bits per heavy atom. The normalized spacial score (nSPS) is 15.3. The van der Waals surface area contributed by atoms with Crippen molar-refractivity contribution >= 4 is 38.6 Å². The summed E-state index contributed by atoms with van der Waals surface area (Å²) in [6.07, 6.45) is 1.17.